The zero-order valence-electron chi connectivity index (χ0n) is 12.6. The van der Waals surface area contributed by atoms with E-state index < -0.39 is 0 Å². The summed E-state index contributed by atoms with van der Waals surface area (Å²) < 4.78 is 3.16. The van der Waals surface area contributed by atoms with E-state index in [0.717, 1.165) is 23.3 Å². The first-order chi connectivity index (χ1) is 9.47. The number of aromatic nitrogens is 2. The number of rotatable bonds is 5. The lowest BCUT2D eigenvalue weighted by Crippen LogP contribution is -2.21. The highest BCUT2D eigenvalue weighted by atomic mass is 79.9. The third-order valence-corrected chi connectivity index (χ3v) is 4.48. The summed E-state index contributed by atoms with van der Waals surface area (Å²) in [5.74, 6) is 0. The van der Waals surface area contributed by atoms with Crippen LogP contribution in [0.5, 0.6) is 0 Å². The molecule has 1 aromatic heterocycles. The van der Waals surface area contributed by atoms with Crippen molar-refractivity contribution in [2.24, 2.45) is 0 Å². The molecule has 0 aliphatic rings. The van der Waals surface area contributed by atoms with Crippen molar-refractivity contribution in [2.45, 2.75) is 46.8 Å². The normalized spacial score (nSPS) is 11.3. The summed E-state index contributed by atoms with van der Waals surface area (Å²) >= 11 is 3.58. The van der Waals surface area contributed by atoms with Crippen molar-refractivity contribution in [3.63, 3.8) is 0 Å². The minimum absolute atomic E-state index is 0.505. The molecule has 0 bridgehead atoms. The van der Waals surface area contributed by atoms with Crippen molar-refractivity contribution in [3.8, 4) is 0 Å². The van der Waals surface area contributed by atoms with Crippen molar-refractivity contribution >= 4 is 15.9 Å². The van der Waals surface area contributed by atoms with Gasteiger partial charge in [-0.2, -0.15) is 5.10 Å². The van der Waals surface area contributed by atoms with E-state index in [4.69, 9.17) is 0 Å². The van der Waals surface area contributed by atoms with Crippen LogP contribution < -0.4 is 5.32 Å². The van der Waals surface area contributed by atoms with Gasteiger partial charge in [0.2, 0.25) is 0 Å². The van der Waals surface area contributed by atoms with Crippen molar-refractivity contribution in [2.75, 3.05) is 0 Å². The fraction of sp³-hybridized carbons (Fsp3) is 0.438. The van der Waals surface area contributed by atoms with Crippen LogP contribution in [-0.4, -0.2) is 15.8 Å². The third-order valence-electron chi connectivity index (χ3n) is 3.33. The summed E-state index contributed by atoms with van der Waals surface area (Å²) in [7, 11) is 0. The van der Waals surface area contributed by atoms with Gasteiger partial charge in [0.05, 0.1) is 22.4 Å². The first-order valence-corrected chi connectivity index (χ1v) is 7.77. The molecule has 1 aromatic carbocycles. The van der Waals surface area contributed by atoms with Gasteiger partial charge in [-0.1, -0.05) is 38.1 Å². The molecule has 0 saturated heterocycles. The Hall–Kier alpha value is -1.13. The molecular weight excluding hydrogens is 314 g/mol. The lowest BCUT2D eigenvalue weighted by molar-refractivity contribution is 0.587. The Kier molecular flexibility index (Phi) is 5.00. The Bertz CT molecular complexity index is 587. The van der Waals surface area contributed by atoms with Crippen LogP contribution in [0.15, 0.2) is 28.7 Å². The molecule has 108 valence electrons. The fourth-order valence-corrected chi connectivity index (χ4v) is 2.45. The number of aryl methyl sites for hydroxylation is 1. The molecule has 2 aromatic rings. The molecule has 2 rings (SSSR count). The van der Waals surface area contributed by atoms with Crippen LogP contribution in [-0.2, 0) is 13.1 Å². The van der Waals surface area contributed by atoms with Crippen LogP contribution in [0.2, 0.25) is 0 Å². The molecule has 0 spiro atoms. The number of hydrogen-bond donors (Lipinski definition) is 1. The molecule has 0 unspecified atom stereocenters. The molecule has 0 amide bonds. The van der Waals surface area contributed by atoms with Gasteiger partial charge >= 0.3 is 0 Å². The van der Waals surface area contributed by atoms with Gasteiger partial charge in [-0.3, -0.25) is 4.68 Å². The van der Waals surface area contributed by atoms with Crippen LogP contribution >= 0.6 is 15.9 Å². The van der Waals surface area contributed by atoms with Crippen molar-refractivity contribution in [1.82, 2.24) is 15.1 Å². The van der Waals surface area contributed by atoms with Gasteiger partial charge in [-0.25, -0.2) is 0 Å². The van der Waals surface area contributed by atoms with Gasteiger partial charge < -0.3 is 5.32 Å². The molecule has 0 aliphatic carbocycles. The Morgan fingerprint density at radius 2 is 1.95 bits per heavy atom. The molecule has 4 heteroatoms. The third kappa shape index (κ3) is 3.70. The van der Waals surface area contributed by atoms with E-state index in [1.54, 1.807) is 0 Å². The lowest BCUT2D eigenvalue weighted by Gasteiger charge is -2.10. The largest absolute Gasteiger partial charge is 0.310 e. The maximum absolute atomic E-state index is 4.56. The first-order valence-electron chi connectivity index (χ1n) is 6.98. The van der Waals surface area contributed by atoms with E-state index >= 15 is 0 Å². The van der Waals surface area contributed by atoms with Crippen LogP contribution in [0.4, 0.5) is 0 Å². The molecule has 0 atom stereocenters. The topological polar surface area (TPSA) is 29.9 Å². The zero-order chi connectivity index (χ0) is 14.7. The quantitative estimate of drug-likeness (QED) is 0.900. The van der Waals surface area contributed by atoms with Crippen molar-refractivity contribution in [1.29, 1.82) is 0 Å². The van der Waals surface area contributed by atoms with Crippen LogP contribution in [0.25, 0.3) is 0 Å². The Morgan fingerprint density at radius 3 is 2.55 bits per heavy atom. The molecule has 0 fully saturated rings. The van der Waals surface area contributed by atoms with E-state index in [-0.39, 0.29) is 0 Å². The molecule has 3 nitrogen and oxygen atoms in total. The molecule has 0 aliphatic heterocycles. The van der Waals surface area contributed by atoms with Crippen LogP contribution in [0.1, 0.15) is 36.4 Å². The highest BCUT2D eigenvalue weighted by molar-refractivity contribution is 9.10. The number of benzene rings is 1. The number of nitrogens with zero attached hydrogens (tertiary/aromatic N) is 2. The number of hydrogen-bond acceptors (Lipinski definition) is 2. The molecule has 1 N–H and O–H groups in total. The predicted octanol–water partition coefficient (Wildman–Crippen LogP) is 3.81. The van der Waals surface area contributed by atoms with Crippen molar-refractivity contribution < 1.29 is 0 Å². The fourth-order valence-electron chi connectivity index (χ4n) is 2.16. The molecular formula is C16H22BrN3. The smallest absolute Gasteiger partial charge is 0.0738 e. The summed E-state index contributed by atoms with van der Waals surface area (Å²) in [4.78, 5) is 0. The minimum atomic E-state index is 0.505. The van der Waals surface area contributed by atoms with Gasteiger partial charge in [0, 0.05) is 12.6 Å². The van der Waals surface area contributed by atoms with E-state index in [1.807, 2.05) is 6.92 Å². The van der Waals surface area contributed by atoms with Crippen molar-refractivity contribution in [3.05, 3.63) is 51.3 Å². The lowest BCUT2D eigenvalue weighted by atomic mass is 10.1. The summed E-state index contributed by atoms with van der Waals surface area (Å²) in [5, 5.41) is 8.01. The predicted molar refractivity (Wildman–Crippen MR) is 86.9 cm³/mol. The van der Waals surface area contributed by atoms with Gasteiger partial charge in [0.25, 0.3) is 0 Å². The first kappa shape index (κ1) is 15.3. The van der Waals surface area contributed by atoms with E-state index in [2.05, 4.69) is 76.1 Å². The number of nitrogens with one attached hydrogen (secondary N) is 1. The Balaban J connectivity index is 2.13. The second-order valence-corrected chi connectivity index (χ2v) is 6.29. The molecule has 0 radical (unpaired) electrons. The average Bonchev–Trinajstić information content (AvgIpc) is 2.65. The average molecular weight is 336 g/mol. The van der Waals surface area contributed by atoms with Crippen LogP contribution in [0, 0.1) is 13.8 Å². The maximum atomic E-state index is 4.56. The molecule has 1 heterocycles. The zero-order valence-corrected chi connectivity index (χ0v) is 14.2. The summed E-state index contributed by atoms with van der Waals surface area (Å²) in [6.45, 7) is 10.2. The van der Waals surface area contributed by atoms with E-state index in [9.17, 15) is 0 Å². The second kappa shape index (κ2) is 6.55. The summed E-state index contributed by atoms with van der Waals surface area (Å²) in [5.41, 5.74) is 4.82. The highest BCUT2D eigenvalue weighted by Gasteiger charge is 2.09. The Labute approximate surface area is 129 Å². The summed E-state index contributed by atoms with van der Waals surface area (Å²) in [6.07, 6.45) is 0. The minimum Gasteiger partial charge on any atom is -0.310 e. The molecule has 20 heavy (non-hydrogen) atoms. The SMILES string of the molecule is Cc1nn(Cc2cccc(CNC(C)C)c2)c(C)c1Br. The monoisotopic (exact) mass is 335 g/mol. The number of halogens is 1. The second-order valence-electron chi connectivity index (χ2n) is 5.50. The van der Waals surface area contributed by atoms with Crippen LogP contribution in [0.3, 0.4) is 0 Å². The van der Waals surface area contributed by atoms with Gasteiger partial charge in [-0.15, -0.1) is 0 Å². The Morgan fingerprint density at radius 1 is 1.25 bits per heavy atom. The summed E-state index contributed by atoms with van der Waals surface area (Å²) in [6, 6.07) is 9.19. The van der Waals surface area contributed by atoms with Gasteiger partial charge in [0.1, 0.15) is 0 Å². The van der Waals surface area contributed by atoms with E-state index in [0.29, 0.717) is 6.04 Å². The maximum Gasteiger partial charge on any atom is 0.0738 e. The van der Waals surface area contributed by atoms with E-state index in [1.165, 1.54) is 16.8 Å². The van der Waals surface area contributed by atoms with Gasteiger partial charge in [-0.05, 0) is 40.9 Å². The standard InChI is InChI=1S/C16H22BrN3/c1-11(2)18-9-14-6-5-7-15(8-14)10-20-13(4)16(17)12(3)19-20/h5-8,11,18H,9-10H2,1-4H3. The highest BCUT2D eigenvalue weighted by Crippen LogP contribution is 2.20. The van der Waals surface area contributed by atoms with Gasteiger partial charge in [0.15, 0.2) is 0 Å². The molecule has 0 saturated carbocycles.